The van der Waals surface area contributed by atoms with Crippen molar-refractivity contribution in [2.24, 2.45) is 0 Å². The summed E-state index contributed by atoms with van der Waals surface area (Å²) in [5.41, 5.74) is 4.20. The lowest BCUT2D eigenvalue weighted by atomic mass is 9.99. The zero-order valence-corrected chi connectivity index (χ0v) is 18.3. The van der Waals surface area contributed by atoms with Gasteiger partial charge in [-0.1, -0.05) is 36.4 Å². The summed E-state index contributed by atoms with van der Waals surface area (Å²) in [6, 6.07) is 16.0. The summed E-state index contributed by atoms with van der Waals surface area (Å²) in [4.78, 5) is 29.3. The molecule has 0 radical (unpaired) electrons. The van der Waals surface area contributed by atoms with Gasteiger partial charge >= 0.3 is 6.03 Å². The summed E-state index contributed by atoms with van der Waals surface area (Å²) in [7, 11) is 0. The van der Waals surface area contributed by atoms with Crippen LogP contribution in [0.15, 0.2) is 48.5 Å². The molecule has 5 nitrogen and oxygen atoms in total. The van der Waals surface area contributed by atoms with Crippen LogP contribution in [0.3, 0.4) is 0 Å². The van der Waals surface area contributed by atoms with Gasteiger partial charge < -0.3 is 15.1 Å². The zero-order valence-electron chi connectivity index (χ0n) is 17.5. The molecule has 1 atom stereocenters. The number of nitrogens with one attached hydrogen (secondary N) is 1. The van der Waals surface area contributed by atoms with Gasteiger partial charge in [0.2, 0.25) is 5.91 Å². The summed E-state index contributed by atoms with van der Waals surface area (Å²) < 4.78 is 0. The lowest BCUT2D eigenvalue weighted by Crippen LogP contribution is -2.38. The van der Waals surface area contributed by atoms with Crippen LogP contribution in [0.4, 0.5) is 10.5 Å². The van der Waals surface area contributed by atoms with Crippen molar-refractivity contribution in [1.82, 2.24) is 9.80 Å². The number of urea groups is 1. The van der Waals surface area contributed by atoms with Gasteiger partial charge in [-0.3, -0.25) is 4.79 Å². The Labute approximate surface area is 182 Å². The highest BCUT2D eigenvalue weighted by Gasteiger charge is 2.30. The predicted molar refractivity (Wildman–Crippen MR) is 123 cm³/mol. The Kier molecular flexibility index (Phi) is 6.62. The van der Waals surface area contributed by atoms with Gasteiger partial charge in [0.05, 0.1) is 12.5 Å². The number of nitrogens with zero attached hydrogens (tertiary/aromatic N) is 2. The van der Waals surface area contributed by atoms with Crippen molar-refractivity contribution in [2.45, 2.75) is 32.2 Å². The van der Waals surface area contributed by atoms with E-state index in [1.54, 1.807) is 0 Å². The SMILES string of the molecule is Cc1ccccc1C1CCCN1C(=O)Nc1ccc(CC(=O)N2CCSCC2)cc1. The maximum atomic E-state index is 12.9. The van der Waals surface area contributed by atoms with E-state index in [4.69, 9.17) is 0 Å². The second kappa shape index (κ2) is 9.56. The Morgan fingerprint density at radius 2 is 1.77 bits per heavy atom. The molecule has 2 saturated heterocycles. The predicted octanol–water partition coefficient (Wildman–Crippen LogP) is 4.48. The highest BCUT2D eigenvalue weighted by atomic mass is 32.2. The molecule has 2 aliphatic rings. The molecule has 3 amide bonds. The monoisotopic (exact) mass is 423 g/mol. The van der Waals surface area contributed by atoms with Crippen molar-refractivity contribution in [3.05, 3.63) is 65.2 Å². The number of likely N-dealkylation sites (tertiary alicyclic amines) is 1. The average Bonchev–Trinajstić information content (AvgIpc) is 3.26. The number of thioether (sulfide) groups is 1. The van der Waals surface area contributed by atoms with Crippen LogP contribution in [0.25, 0.3) is 0 Å². The molecule has 1 unspecified atom stereocenters. The van der Waals surface area contributed by atoms with Crippen molar-refractivity contribution in [3.63, 3.8) is 0 Å². The van der Waals surface area contributed by atoms with Gasteiger partial charge in [-0.05, 0) is 48.6 Å². The molecule has 158 valence electrons. The largest absolute Gasteiger partial charge is 0.341 e. The molecule has 30 heavy (non-hydrogen) atoms. The van der Waals surface area contributed by atoms with Gasteiger partial charge in [-0.2, -0.15) is 11.8 Å². The Balaban J connectivity index is 1.36. The van der Waals surface area contributed by atoms with Crippen LogP contribution in [-0.4, -0.2) is 52.9 Å². The lowest BCUT2D eigenvalue weighted by molar-refractivity contribution is -0.130. The Morgan fingerprint density at radius 1 is 1.03 bits per heavy atom. The second-order valence-corrected chi connectivity index (χ2v) is 9.23. The molecule has 2 aliphatic heterocycles. The van der Waals surface area contributed by atoms with Gasteiger partial charge in [0.15, 0.2) is 0 Å². The fourth-order valence-corrected chi connectivity index (χ4v) is 5.20. The zero-order chi connectivity index (χ0) is 20.9. The number of carbonyl (C=O) groups excluding carboxylic acids is 2. The highest BCUT2D eigenvalue weighted by Crippen LogP contribution is 2.34. The fraction of sp³-hybridized carbons (Fsp3) is 0.417. The van der Waals surface area contributed by atoms with Gasteiger partial charge in [0.1, 0.15) is 0 Å². The van der Waals surface area contributed by atoms with E-state index < -0.39 is 0 Å². The molecule has 2 aromatic rings. The van der Waals surface area contributed by atoms with Gasteiger partial charge in [0.25, 0.3) is 0 Å². The van der Waals surface area contributed by atoms with E-state index in [2.05, 4.69) is 24.4 Å². The minimum absolute atomic E-state index is 0.0598. The molecule has 2 aromatic carbocycles. The Bertz CT molecular complexity index is 894. The van der Waals surface area contributed by atoms with Crippen LogP contribution in [0, 0.1) is 6.92 Å². The molecule has 0 bridgehead atoms. The first kappa shape index (κ1) is 20.8. The van der Waals surface area contributed by atoms with E-state index in [0.717, 1.165) is 55.2 Å². The van der Waals surface area contributed by atoms with Crippen LogP contribution in [0.5, 0.6) is 0 Å². The first-order valence-electron chi connectivity index (χ1n) is 10.7. The minimum atomic E-state index is -0.0598. The van der Waals surface area contributed by atoms with E-state index in [1.165, 1.54) is 11.1 Å². The van der Waals surface area contributed by atoms with Gasteiger partial charge in [-0.25, -0.2) is 4.79 Å². The summed E-state index contributed by atoms with van der Waals surface area (Å²) in [6.45, 7) is 4.56. The van der Waals surface area contributed by atoms with Gasteiger partial charge in [0, 0.05) is 36.8 Å². The second-order valence-electron chi connectivity index (χ2n) is 8.01. The molecular formula is C24H29N3O2S. The standard InChI is InChI=1S/C24H29N3O2S/c1-18-5-2-3-6-21(18)22-7-4-12-27(22)24(29)25-20-10-8-19(9-11-20)17-23(28)26-13-15-30-16-14-26/h2-3,5-6,8-11,22H,4,7,12-17H2,1H3,(H,25,29). The molecule has 2 heterocycles. The van der Waals surface area contributed by atoms with Crippen LogP contribution >= 0.6 is 11.8 Å². The quantitative estimate of drug-likeness (QED) is 0.789. The third-order valence-corrected chi connectivity index (χ3v) is 6.93. The Morgan fingerprint density at radius 3 is 2.50 bits per heavy atom. The van der Waals surface area contributed by atoms with Crippen molar-refractivity contribution >= 4 is 29.4 Å². The molecule has 2 fully saturated rings. The topological polar surface area (TPSA) is 52.7 Å². The normalized spacial score (nSPS) is 19.0. The van der Waals surface area contributed by atoms with E-state index >= 15 is 0 Å². The number of hydrogen-bond donors (Lipinski definition) is 1. The van der Waals surface area contributed by atoms with E-state index in [1.807, 2.05) is 58.0 Å². The first-order valence-corrected chi connectivity index (χ1v) is 11.8. The van der Waals surface area contributed by atoms with Crippen LogP contribution in [0.1, 0.15) is 35.6 Å². The number of rotatable bonds is 4. The number of hydrogen-bond acceptors (Lipinski definition) is 3. The van der Waals surface area contributed by atoms with E-state index in [0.29, 0.717) is 6.42 Å². The number of amides is 3. The molecule has 4 rings (SSSR count). The molecule has 0 saturated carbocycles. The molecule has 1 N–H and O–H groups in total. The summed E-state index contributed by atoms with van der Waals surface area (Å²) in [6.07, 6.45) is 2.43. The third-order valence-electron chi connectivity index (χ3n) is 5.99. The van der Waals surface area contributed by atoms with E-state index in [9.17, 15) is 9.59 Å². The smallest absolute Gasteiger partial charge is 0.322 e. The minimum Gasteiger partial charge on any atom is -0.341 e. The lowest BCUT2D eigenvalue weighted by Gasteiger charge is -2.27. The van der Waals surface area contributed by atoms with Crippen LogP contribution < -0.4 is 5.32 Å². The van der Waals surface area contributed by atoms with Crippen molar-refractivity contribution < 1.29 is 9.59 Å². The number of carbonyl (C=O) groups is 2. The summed E-state index contributed by atoms with van der Waals surface area (Å²) in [5.74, 6) is 2.23. The molecule has 6 heteroatoms. The van der Waals surface area contributed by atoms with Crippen molar-refractivity contribution in [1.29, 1.82) is 0 Å². The average molecular weight is 424 g/mol. The first-order chi connectivity index (χ1) is 14.6. The summed E-state index contributed by atoms with van der Waals surface area (Å²) >= 11 is 1.90. The molecular weight excluding hydrogens is 394 g/mol. The maximum absolute atomic E-state index is 12.9. The van der Waals surface area contributed by atoms with Gasteiger partial charge in [-0.15, -0.1) is 0 Å². The third kappa shape index (κ3) is 4.81. The molecule has 0 aliphatic carbocycles. The van der Waals surface area contributed by atoms with Crippen LogP contribution in [0.2, 0.25) is 0 Å². The number of anilines is 1. The summed E-state index contributed by atoms with van der Waals surface area (Å²) in [5, 5.41) is 3.04. The van der Waals surface area contributed by atoms with Crippen molar-refractivity contribution in [3.8, 4) is 0 Å². The Hall–Kier alpha value is -2.47. The fourth-order valence-electron chi connectivity index (χ4n) is 4.29. The van der Waals surface area contributed by atoms with Crippen LogP contribution in [-0.2, 0) is 11.2 Å². The number of benzene rings is 2. The molecule has 0 aromatic heterocycles. The number of aryl methyl sites for hydroxylation is 1. The van der Waals surface area contributed by atoms with E-state index in [-0.39, 0.29) is 18.0 Å². The van der Waals surface area contributed by atoms with Crippen molar-refractivity contribution in [2.75, 3.05) is 36.5 Å². The molecule has 0 spiro atoms. The maximum Gasteiger partial charge on any atom is 0.322 e. The highest BCUT2D eigenvalue weighted by molar-refractivity contribution is 7.99.